The standard InChI is InChI=1S/C32H43N9O2/c1-39-15-17-41(18-16-39)27-9-13-40(14-10-27)26-7-5-24(6-8-26)35-32-29(30(34)42)37-28(22-3-2-4-23(33)21-22)31(38-32)36-25-11-19-43-20-12-25/h2-8,21,25,27H,9-20,33H2,1H3,(H2,34,42)(H2,35,36,38). The lowest BCUT2D eigenvalue weighted by Gasteiger charge is -2.42. The number of benzene rings is 2. The third kappa shape index (κ3) is 7.01. The first-order valence-corrected chi connectivity index (χ1v) is 15.4. The molecule has 4 heterocycles. The summed E-state index contributed by atoms with van der Waals surface area (Å²) in [5.74, 6) is 0.234. The zero-order valence-electron chi connectivity index (χ0n) is 25.0. The van der Waals surface area contributed by atoms with Gasteiger partial charge in [0.05, 0.1) is 0 Å². The van der Waals surface area contributed by atoms with Crippen molar-refractivity contribution in [1.82, 2.24) is 19.8 Å². The highest BCUT2D eigenvalue weighted by Gasteiger charge is 2.27. The predicted octanol–water partition coefficient (Wildman–Crippen LogP) is 3.38. The normalized spacial score (nSPS) is 19.3. The van der Waals surface area contributed by atoms with Crippen LogP contribution in [-0.2, 0) is 4.74 Å². The van der Waals surface area contributed by atoms with Crippen molar-refractivity contribution in [2.24, 2.45) is 5.73 Å². The summed E-state index contributed by atoms with van der Waals surface area (Å²) in [5, 5.41) is 6.85. The first kappa shape index (κ1) is 29.2. The maximum atomic E-state index is 12.6. The van der Waals surface area contributed by atoms with Crippen molar-refractivity contribution >= 4 is 34.6 Å². The van der Waals surface area contributed by atoms with E-state index in [0.717, 1.165) is 50.3 Å². The van der Waals surface area contributed by atoms with E-state index in [-0.39, 0.29) is 11.7 Å². The van der Waals surface area contributed by atoms with Gasteiger partial charge in [0.25, 0.3) is 5.91 Å². The van der Waals surface area contributed by atoms with Crippen molar-refractivity contribution in [2.75, 3.05) is 80.8 Å². The number of amides is 1. The summed E-state index contributed by atoms with van der Waals surface area (Å²) in [7, 11) is 2.21. The number of likely N-dealkylation sites (N-methyl/N-ethyl adjacent to an activating group) is 1. The van der Waals surface area contributed by atoms with Gasteiger partial charge in [-0.3, -0.25) is 9.69 Å². The lowest BCUT2D eigenvalue weighted by Crippen LogP contribution is -2.52. The molecule has 0 bridgehead atoms. The lowest BCUT2D eigenvalue weighted by atomic mass is 10.0. The van der Waals surface area contributed by atoms with Gasteiger partial charge >= 0.3 is 0 Å². The molecule has 11 nitrogen and oxygen atoms in total. The number of rotatable bonds is 8. The molecule has 0 radical (unpaired) electrons. The molecule has 43 heavy (non-hydrogen) atoms. The largest absolute Gasteiger partial charge is 0.399 e. The number of primary amides is 1. The first-order chi connectivity index (χ1) is 20.9. The lowest BCUT2D eigenvalue weighted by molar-refractivity contribution is 0.0904. The van der Waals surface area contributed by atoms with Gasteiger partial charge in [-0.15, -0.1) is 0 Å². The number of nitrogens with zero attached hydrogens (tertiary/aromatic N) is 5. The number of hydrogen-bond donors (Lipinski definition) is 4. The Bertz CT molecular complexity index is 1390. The van der Waals surface area contributed by atoms with Crippen LogP contribution in [0.25, 0.3) is 11.3 Å². The average molecular weight is 586 g/mol. The van der Waals surface area contributed by atoms with Crippen LogP contribution in [0.3, 0.4) is 0 Å². The number of carbonyl (C=O) groups is 1. The second-order valence-corrected chi connectivity index (χ2v) is 11.9. The summed E-state index contributed by atoms with van der Waals surface area (Å²) < 4.78 is 5.54. The van der Waals surface area contributed by atoms with Gasteiger partial charge in [0, 0.05) is 87.2 Å². The number of carbonyl (C=O) groups excluding carboxylic acids is 1. The molecule has 1 amide bonds. The fraction of sp³-hybridized carbons (Fsp3) is 0.469. The minimum absolute atomic E-state index is 0.0741. The van der Waals surface area contributed by atoms with E-state index in [1.807, 2.05) is 36.4 Å². The van der Waals surface area contributed by atoms with E-state index >= 15 is 0 Å². The molecule has 0 spiro atoms. The molecule has 3 fully saturated rings. The van der Waals surface area contributed by atoms with Gasteiger partial charge in [-0.25, -0.2) is 9.97 Å². The van der Waals surface area contributed by atoms with Gasteiger partial charge in [-0.2, -0.15) is 0 Å². The summed E-state index contributed by atoms with van der Waals surface area (Å²) in [6.45, 7) is 8.13. The van der Waals surface area contributed by atoms with Crippen LogP contribution >= 0.6 is 0 Å². The topological polar surface area (TPSA) is 138 Å². The Morgan fingerprint density at radius 2 is 1.63 bits per heavy atom. The van der Waals surface area contributed by atoms with Crippen LogP contribution in [0.4, 0.5) is 28.7 Å². The maximum Gasteiger partial charge on any atom is 0.271 e. The molecule has 0 unspecified atom stereocenters. The highest BCUT2D eigenvalue weighted by molar-refractivity contribution is 5.97. The number of ether oxygens (including phenoxy) is 1. The Morgan fingerprint density at radius 3 is 2.30 bits per heavy atom. The Kier molecular flexibility index (Phi) is 8.92. The number of nitrogens with two attached hydrogens (primary N) is 2. The number of piperazine rings is 1. The fourth-order valence-electron chi connectivity index (χ4n) is 6.29. The average Bonchev–Trinajstić information content (AvgIpc) is 3.02. The van der Waals surface area contributed by atoms with Gasteiger partial charge in [0.1, 0.15) is 5.69 Å². The van der Waals surface area contributed by atoms with E-state index in [0.29, 0.717) is 42.3 Å². The Morgan fingerprint density at radius 1 is 0.907 bits per heavy atom. The first-order valence-electron chi connectivity index (χ1n) is 15.4. The molecule has 3 saturated heterocycles. The van der Waals surface area contributed by atoms with Crippen LogP contribution in [0, 0.1) is 0 Å². The summed E-state index contributed by atoms with van der Waals surface area (Å²) in [6, 6.07) is 16.5. The molecule has 2 aromatic carbocycles. The number of nitrogens with one attached hydrogen (secondary N) is 2. The quantitative estimate of drug-likeness (QED) is 0.291. The molecular weight excluding hydrogens is 542 g/mol. The smallest absolute Gasteiger partial charge is 0.271 e. The monoisotopic (exact) mass is 585 g/mol. The van der Waals surface area contributed by atoms with Crippen molar-refractivity contribution in [3.8, 4) is 11.3 Å². The van der Waals surface area contributed by atoms with Crippen LogP contribution in [0.15, 0.2) is 48.5 Å². The number of aromatic nitrogens is 2. The van der Waals surface area contributed by atoms with Crippen LogP contribution < -0.4 is 27.0 Å². The number of hydrogen-bond acceptors (Lipinski definition) is 10. The summed E-state index contributed by atoms with van der Waals surface area (Å²) in [5.41, 5.74) is 15.9. The molecule has 6 rings (SSSR count). The van der Waals surface area contributed by atoms with Crippen molar-refractivity contribution in [2.45, 2.75) is 37.8 Å². The zero-order chi connectivity index (χ0) is 29.8. The second kappa shape index (κ2) is 13.2. The van der Waals surface area contributed by atoms with E-state index in [4.69, 9.17) is 26.2 Å². The van der Waals surface area contributed by atoms with Crippen LogP contribution in [-0.4, -0.2) is 97.3 Å². The van der Waals surface area contributed by atoms with Crippen molar-refractivity contribution < 1.29 is 9.53 Å². The van der Waals surface area contributed by atoms with Gasteiger partial charge in [0.2, 0.25) is 0 Å². The molecule has 11 heteroatoms. The highest BCUT2D eigenvalue weighted by atomic mass is 16.5. The Labute approximate surface area is 253 Å². The molecule has 3 aliphatic heterocycles. The molecule has 228 valence electrons. The summed E-state index contributed by atoms with van der Waals surface area (Å²) in [4.78, 5) is 29.7. The van der Waals surface area contributed by atoms with Gasteiger partial charge in [-0.05, 0) is 69.1 Å². The van der Waals surface area contributed by atoms with Crippen LogP contribution in [0.1, 0.15) is 36.2 Å². The number of piperidine rings is 1. The number of anilines is 5. The molecule has 1 aromatic heterocycles. The molecule has 3 aliphatic rings. The molecule has 0 atom stereocenters. The van der Waals surface area contributed by atoms with E-state index in [9.17, 15) is 4.79 Å². The van der Waals surface area contributed by atoms with E-state index < -0.39 is 5.91 Å². The SMILES string of the molecule is CN1CCN(C2CCN(c3ccc(Nc4nc(NC5CCOCC5)c(-c5cccc(N)c5)nc4C(N)=O)cc3)CC2)CC1. The number of nitrogen functional groups attached to an aromatic ring is 1. The summed E-state index contributed by atoms with van der Waals surface area (Å²) >= 11 is 0. The Balaban J connectivity index is 1.19. The Hall–Kier alpha value is -3.93. The predicted molar refractivity (Wildman–Crippen MR) is 172 cm³/mol. The molecule has 6 N–H and O–H groups in total. The van der Waals surface area contributed by atoms with Crippen molar-refractivity contribution in [3.05, 3.63) is 54.2 Å². The molecular formula is C32H43N9O2. The van der Waals surface area contributed by atoms with Gasteiger partial charge in [0.15, 0.2) is 17.3 Å². The molecule has 0 saturated carbocycles. The van der Waals surface area contributed by atoms with Crippen LogP contribution in [0.2, 0.25) is 0 Å². The van der Waals surface area contributed by atoms with E-state index in [1.165, 1.54) is 31.6 Å². The molecule has 0 aliphatic carbocycles. The molecule has 3 aromatic rings. The van der Waals surface area contributed by atoms with Crippen molar-refractivity contribution in [3.63, 3.8) is 0 Å². The van der Waals surface area contributed by atoms with Crippen LogP contribution in [0.5, 0.6) is 0 Å². The van der Waals surface area contributed by atoms with Crippen molar-refractivity contribution in [1.29, 1.82) is 0 Å². The van der Waals surface area contributed by atoms with E-state index in [1.54, 1.807) is 0 Å². The fourth-order valence-corrected chi connectivity index (χ4v) is 6.29. The van der Waals surface area contributed by atoms with Gasteiger partial charge < -0.3 is 36.6 Å². The third-order valence-electron chi connectivity index (χ3n) is 8.87. The van der Waals surface area contributed by atoms with Gasteiger partial charge in [-0.1, -0.05) is 12.1 Å². The minimum Gasteiger partial charge on any atom is -0.399 e. The second-order valence-electron chi connectivity index (χ2n) is 11.9. The highest BCUT2D eigenvalue weighted by Crippen LogP contribution is 2.32. The minimum atomic E-state index is -0.655. The maximum absolute atomic E-state index is 12.6. The van der Waals surface area contributed by atoms with E-state index in [2.05, 4.69) is 44.5 Å². The summed E-state index contributed by atoms with van der Waals surface area (Å²) in [6.07, 6.45) is 4.08. The third-order valence-corrected chi connectivity index (χ3v) is 8.87. The zero-order valence-corrected chi connectivity index (χ0v) is 25.0.